The third-order valence-electron chi connectivity index (χ3n) is 9.71. The summed E-state index contributed by atoms with van der Waals surface area (Å²) in [5.74, 6) is 4.52. The molecular weight excluding hydrogens is 403 g/mol. The van der Waals surface area contributed by atoms with Crippen LogP contribution >= 0.6 is 0 Å². The lowest BCUT2D eigenvalue weighted by Gasteiger charge is -2.37. The van der Waals surface area contributed by atoms with Gasteiger partial charge < -0.3 is 0 Å². The van der Waals surface area contributed by atoms with Crippen molar-refractivity contribution in [3.63, 3.8) is 0 Å². The van der Waals surface area contributed by atoms with Crippen LogP contribution in [0, 0.1) is 30.5 Å². The molecule has 33 heavy (non-hydrogen) atoms. The summed E-state index contributed by atoms with van der Waals surface area (Å²) in [5, 5.41) is 0. The van der Waals surface area contributed by atoms with E-state index < -0.39 is 0 Å². The maximum atomic E-state index is 15.3. The number of hydrogen-bond donors (Lipinski definition) is 0. The maximum Gasteiger partial charge on any atom is 0.126 e. The molecule has 3 fully saturated rings. The number of aryl methyl sites for hydroxylation is 1. The predicted octanol–water partition coefficient (Wildman–Crippen LogP) is 9.68. The van der Waals surface area contributed by atoms with Gasteiger partial charge in [-0.3, -0.25) is 0 Å². The van der Waals surface area contributed by atoms with Crippen LogP contribution in [0.3, 0.4) is 0 Å². The summed E-state index contributed by atoms with van der Waals surface area (Å²) >= 11 is 0. The molecule has 2 aromatic carbocycles. The lowest BCUT2D eigenvalue weighted by atomic mass is 9.68. The molecule has 0 aliphatic heterocycles. The minimum atomic E-state index is 0.0645. The van der Waals surface area contributed by atoms with Crippen LogP contribution in [0.1, 0.15) is 124 Å². The van der Waals surface area contributed by atoms with E-state index in [0.29, 0.717) is 17.8 Å². The molecule has 178 valence electrons. The van der Waals surface area contributed by atoms with Crippen LogP contribution in [0.2, 0.25) is 0 Å². The topological polar surface area (TPSA) is 0 Å². The zero-order valence-corrected chi connectivity index (χ0v) is 20.9. The second kappa shape index (κ2) is 10.3. The van der Waals surface area contributed by atoms with Crippen molar-refractivity contribution in [1.29, 1.82) is 0 Å². The monoisotopic (exact) mass is 446 g/mol. The Morgan fingerprint density at radius 2 is 1.06 bits per heavy atom. The number of benzene rings is 2. The molecule has 0 unspecified atom stereocenters. The Morgan fingerprint density at radius 1 is 0.576 bits per heavy atom. The lowest BCUT2D eigenvalue weighted by molar-refractivity contribution is 0.165. The quantitative estimate of drug-likeness (QED) is 0.438. The Hall–Kier alpha value is -1.63. The summed E-state index contributed by atoms with van der Waals surface area (Å²) in [4.78, 5) is 0. The highest BCUT2D eigenvalue weighted by Gasteiger charge is 2.31. The molecule has 0 bridgehead atoms. The highest BCUT2D eigenvalue weighted by Crippen LogP contribution is 2.45. The van der Waals surface area contributed by atoms with Crippen molar-refractivity contribution < 1.29 is 4.39 Å². The van der Waals surface area contributed by atoms with E-state index >= 15 is 4.39 Å². The van der Waals surface area contributed by atoms with E-state index in [9.17, 15) is 0 Å². The second-order valence-corrected chi connectivity index (χ2v) is 11.9. The summed E-state index contributed by atoms with van der Waals surface area (Å²) in [7, 11) is 0. The van der Waals surface area contributed by atoms with E-state index in [0.717, 1.165) is 36.2 Å². The van der Waals surface area contributed by atoms with Crippen molar-refractivity contribution in [3.8, 4) is 0 Å². The van der Waals surface area contributed by atoms with Gasteiger partial charge >= 0.3 is 0 Å². The standard InChI is InChI=1S/C32H43F/c1-22-3-7-24(8-4-22)26-11-13-28(14-12-26)30-19-20-31(32(33)21-30)29-17-15-27(16-18-29)25-9-5-23(2)6-10-25/h5-6,9-10,19-22,24,26-29H,3-4,7-8,11-18H2,1-2H3. The Morgan fingerprint density at radius 3 is 1.67 bits per heavy atom. The van der Waals surface area contributed by atoms with Crippen LogP contribution in [0.5, 0.6) is 0 Å². The van der Waals surface area contributed by atoms with Crippen LogP contribution in [-0.2, 0) is 0 Å². The normalized spacial score (nSPS) is 33.1. The van der Waals surface area contributed by atoms with Gasteiger partial charge in [-0.15, -0.1) is 0 Å². The SMILES string of the molecule is Cc1ccc(C2CCC(c3ccc(C4CCC(C5CCC(C)CC5)CC4)cc3F)CC2)cc1. The Kier molecular flexibility index (Phi) is 7.24. The van der Waals surface area contributed by atoms with Gasteiger partial charge in [0.15, 0.2) is 0 Å². The molecule has 0 aromatic heterocycles. The van der Waals surface area contributed by atoms with Crippen molar-refractivity contribution in [2.75, 3.05) is 0 Å². The van der Waals surface area contributed by atoms with Crippen LogP contribution in [-0.4, -0.2) is 0 Å². The van der Waals surface area contributed by atoms with Gasteiger partial charge in [0, 0.05) is 0 Å². The minimum absolute atomic E-state index is 0.0645. The van der Waals surface area contributed by atoms with Gasteiger partial charge in [0.25, 0.3) is 0 Å². The molecule has 0 N–H and O–H groups in total. The molecule has 2 aromatic rings. The Bertz CT molecular complexity index is 889. The van der Waals surface area contributed by atoms with Gasteiger partial charge in [-0.2, -0.15) is 0 Å². The summed E-state index contributed by atoms with van der Waals surface area (Å²) in [6, 6.07) is 15.4. The van der Waals surface area contributed by atoms with E-state index in [4.69, 9.17) is 0 Å². The first-order chi connectivity index (χ1) is 16.1. The largest absolute Gasteiger partial charge is 0.207 e. The molecule has 0 amide bonds. The molecule has 3 aliphatic rings. The molecule has 0 nitrogen and oxygen atoms in total. The van der Waals surface area contributed by atoms with Gasteiger partial charge in [0.2, 0.25) is 0 Å². The number of hydrogen-bond acceptors (Lipinski definition) is 0. The first-order valence-electron chi connectivity index (χ1n) is 13.9. The molecule has 0 saturated heterocycles. The van der Waals surface area contributed by atoms with Gasteiger partial charge in [-0.25, -0.2) is 4.39 Å². The maximum absolute atomic E-state index is 15.3. The fourth-order valence-corrected chi connectivity index (χ4v) is 7.39. The zero-order valence-electron chi connectivity index (χ0n) is 20.9. The molecule has 3 aliphatic carbocycles. The molecule has 0 heterocycles. The van der Waals surface area contributed by atoms with Crippen molar-refractivity contribution in [2.24, 2.45) is 17.8 Å². The van der Waals surface area contributed by atoms with E-state index in [-0.39, 0.29) is 5.82 Å². The zero-order chi connectivity index (χ0) is 22.8. The average Bonchev–Trinajstić information content (AvgIpc) is 2.85. The van der Waals surface area contributed by atoms with Gasteiger partial charge in [0.1, 0.15) is 5.82 Å². The van der Waals surface area contributed by atoms with Gasteiger partial charge in [-0.05, 0) is 129 Å². The smallest absolute Gasteiger partial charge is 0.126 e. The first-order valence-corrected chi connectivity index (χ1v) is 13.9. The van der Waals surface area contributed by atoms with Crippen molar-refractivity contribution in [1.82, 2.24) is 0 Å². The summed E-state index contributed by atoms with van der Waals surface area (Å²) in [6.07, 6.45) is 15.6. The molecule has 0 spiro atoms. The van der Waals surface area contributed by atoms with Crippen molar-refractivity contribution in [3.05, 3.63) is 70.5 Å². The molecule has 0 atom stereocenters. The second-order valence-electron chi connectivity index (χ2n) is 11.9. The van der Waals surface area contributed by atoms with E-state index in [2.05, 4.69) is 50.2 Å². The predicted molar refractivity (Wildman–Crippen MR) is 137 cm³/mol. The van der Waals surface area contributed by atoms with Gasteiger partial charge in [0.05, 0.1) is 0 Å². The van der Waals surface area contributed by atoms with E-state index in [1.54, 1.807) is 0 Å². The molecule has 1 heteroatoms. The van der Waals surface area contributed by atoms with Crippen molar-refractivity contribution in [2.45, 2.75) is 109 Å². The fourth-order valence-electron chi connectivity index (χ4n) is 7.39. The Labute approximate surface area is 201 Å². The highest BCUT2D eigenvalue weighted by molar-refractivity contribution is 5.31. The molecular formula is C32H43F. The van der Waals surface area contributed by atoms with Crippen LogP contribution in [0.25, 0.3) is 0 Å². The van der Waals surface area contributed by atoms with E-state index in [1.165, 1.54) is 80.9 Å². The summed E-state index contributed by atoms with van der Waals surface area (Å²) in [5.41, 5.74) is 5.03. The fraction of sp³-hybridized carbons (Fsp3) is 0.625. The summed E-state index contributed by atoms with van der Waals surface area (Å²) < 4.78 is 15.3. The highest BCUT2D eigenvalue weighted by atomic mass is 19.1. The third-order valence-corrected chi connectivity index (χ3v) is 9.71. The lowest BCUT2D eigenvalue weighted by Crippen LogP contribution is -2.24. The molecule has 3 saturated carbocycles. The van der Waals surface area contributed by atoms with Gasteiger partial charge in [-0.1, -0.05) is 61.7 Å². The number of halogens is 1. The third kappa shape index (κ3) is 5.39. The average molecular weight is 447 g/mol. The van der Waals surface area contributed by atoms with E-state index in [1.807, 2.05) is 6.07 Å². The first kappa shape index (κ1) is 23.1. The van der Waals surface area contributed by atoms with Crippen LogP contribution in [0.15, 0.2) is 42.5 Å². The Balaban J connectivity index is 1.15. The molecule has 0 radical (unpaired) electrons. The number of rotatable bonds is 4. The minimum Gasteiger partial charge on any atom is -0.207 e. The van der Waals surface area contributed by atoms with Crippen LogP contribution in [0.4, 0.5) is 4.39 Å². The van der Waals surface area contributed by atoms with Crippen LogP contribution < -0.4 is 0 Å². The molecule has 5 rings (SSSR count). The van der Waals surface area contributed by atoms with Crippen molar-refractivity contribution >= 4 is 0 Å². The summed E-state index contributed by atoms with van der Waals surface area (Å²) in [6.45, 7) is 4.57.